The van der Waals surface area contributed by atoms with E-state index < -0.39 is 28.9 Å². The summed E-state index contributed by atoms with van der Waals surface area (Å²) in [6.07, 6.45) is -2.91. The maximum absolute atomic E-state index is 12.1. The van der Waals surface area contributed by atoms with Gasteiger partial charge in [-0.2, -0.15) is 13.2 Å². The van der Waals surface area contributed by atoms with Crippen LogP contribution in [0.5, 0.6) is 0 Å². The first-order valence-corrected chi connectivity index (χ1v) is 8.40. The van der Waals surface area contributed by atoms with Crippen molar-refractivity contribution in [2.45, 2.75) is 51.3 Å². The molecule has 0 unspecified atom stereocenters. The Kier molecular flexibility index (Phi) is 7.15. The zero-order valence-corrected chi connectivity index (χ0v) is 14.9. The van der Waals surface area contributed by atoms with Crippen LogP contribution in [0.3, 0.4) is 0 Å². The zero-order valence-electron chi connectivity index (χ0n) is 13.3. The number of nitrogens with one attached hydrogen (secondary N) is 1. The van der Waals surface area contributed by atoms with Gasteiger partial charge in [0, 0.05) is 17.6 Å². The lowest BCUT2D eigenvalue weighted by molar-refractivity contribution is -0.176. The number of aromatic nitrogens is 1. The van der Waals surface area contributed by atoms with E-state index in [4.69, 9.17) is 11.6 Å². The molecule has 0 bridgehead atoms. The van der Waals surface area contributed by atoms with Crippen molar-refractivity contribution in [2.75, 3.05) is 6.61 Å². The van der Waals surface area contributed by atoms with Crippen LogP contribution in [0.4, 0.5) is 13.2 Å². The van der Waals surface area contributed by atoms with Crippen LogP contribution >= 0.6 is 11.6 Å². The van der Waals surface area contributed by atoms with Crippen LogP contribution in [0.1, 0.15) is 45.0 Å². The molecule has 23 heavy (non-hydrogen) atoms. The van der Waals surface area contributed by atoms with Crippen molar-refractivity contribution in [3.8, 4) is 0 Å². The number of pyridine rings is 1. The number of ether oxygens (including phenoxy) is 1. The van der Waals surface area contributed by atoms with E-state index in [1.807, 2.05) is 20.8 Å². The molecule has 132 valence electrons. The van der Waals surface area contributed by atoms with Gasteiger partial charge >= 0.3 is 6.18 Å². The van der Waals surface area contributed by atoms with E-state index in [1.165, 1.54) is 6.20 Å². The first-order valence-electron chi connectivity index (χ1n) is 6.87. The number of halogens is 4. The van der Waals surface area contributed by atoms with Crippen molar-refractivity contribution < 1.29 is 22.5 Å². The lowest BCUT2D eigenvalue weighted by atomic mass is 10.1. The molecule has 0 saturated heterocycles. The average molecular weight is 373 g/mol. The second kappa shape index (κ2) is 8.02. The minimum absolute atomic E-state index is 0.208. The summed E-state index contributed by atoms with van der Waals surface area (Å²) < 4.78 is 55.2. The fraction of sp³-hybridized carbons (Fsp3) is 0.643. The zero-order chi connectivity index (χ0) is 17.8. The highest BCUT2D eigenvalue weighted by Crippen LogP contribution is 2.24. The smallest absolute Gasteiger partial charge is 0.411 e. The largest absolute Gasteiger partial charge is 0.598 e. The van der Waals surface area contributed by atoms with Gasteiger partial charge in [0.15, 0.2) is 0 Å². The van der Waals surface area contributed by atoms with Gasteiger partial charge in [-0.1, -0.05) is 11.6 Å². The van der Waals surface area contributed by atoms with Crippen LogP contribution in [-0.4, -0.2) is 27.1 Å². The predicted octanol–water partition coefficient (Wildman–Crippen LogP) is 3.93. The molecular weight excluding hydrogens is 353 g/mol. The molecule has 9 heteroatoms. The fourth-order valence-electron chi connectivity index (χ4n) is 1.49. The van der Waals surface area contributed by atoms with Crippen molar-refractivity contribution in [1.29, 1.82) is 0 Å². The van der Waals surface area contributed by atoms with Crippen LogP contribution in [0.2, 0.25) is 5.02 Å². The summed E-state index contributed by atoms with van der Waals surface area (Å²) in [6, 6.07) is 1.31. The van der Waals surface area contributed by atoms with E-state index in [-0.39, 0.29) is 23.4 Å². The van der Waals surface area contributed by atoms with Gasteiger partial charge in [-0.25, -0.2) is 0 Å². The highest BCUT2D eigenvalue weighted by Gasteiger charge is 2.29. The molecule has 1 heterocycles. The second-order valence-corrected chi connectivity index (χ2v) is 8.43. The van der Waals surface area contributed by atoms with E-state index in [2.05, 4.69) is 14.4 Å². The van der Waals surface area contributed by atoms with Crippen molar-refractivity contribution in [3.05, 3.63) is 28.5 Å². The van der Waals surface area contributed by atoms with Gasteiger partial charge in [0.25, 0.3) is 0 Å². The van der Waals surface area contributed by atoms with Crippen LogP contribution in [0, 0.1) is 0 Å². The molecule has 0 spiro atoms. The van der Waals surface area contributed by atoms with E-state index in [0.717, 1.165) is 0 Å². The summed E-state index contributed by atoms with van der Waals surface area (Å²) in [7, 11) is 0. The number of hydrogen-bond donors (Lipinski definition) is 1. The normalized spacial score (nSPS) is 15.5. The first kappa shape index (κ1) is 20.5. The molecule has 1 N–H and O–H groups in total. The monoisotopic (exact) mass is 372 g/mol. The third-order valence-corrected chi connectivity index (χ3v) is 4.79. The molecule has 1 rings (SSSR count). The Morgan fingerprint density at radius 2 is 2.00 bits per heavy atom. The molecule has 0 aliphatic carbocycles. The molecule has 0 aliphatic heterocycles. The van der Waals surface area contributed by atoms with E-state index in [9.17, 15) is 17.7 Å². The SMILES string of the molecule is C[C@@H](N[S@+]([O-])C(C)(C)C)c1cnc(COCC(F)(F)F)c(Cl)c1. The Morgan fingerprint density at radius 3 is 2.48 bits per heavy atom. The Bertz CT molecular complexity index is 524. The lowest BCUT2D eigenvalue weighted by Gasteiger charge is -2.26. The van der Waals surface area contributed by atoms with Gasteiger partial charge in [0.2, 0.25) is 0 Å². The summed E-state index contributed by atoms with van der Waals surface area (Å²) in [5.74, 6) is 0. The number of rotatable bonds is 6. The van der Waals surface area contributed by atoms with E-state index in [0.29, 0.717) is 5.56 Å². The van der Waals surface area contributed by atoms with Crippen molar-refractivity contribution >= 4 is 23.0 Å². The number of hydrogen-bond acceptors (Lipinski definition) is 4. The molecule has 1 aromatic rings. The maximum atomic E-state index is 12.1. The predicted molar refractivity (Wildman–Crippen MR) is 84.4 cm³/mol. The topological polar surface area (TPSA) is 57.2 Å². The van der Waals surface area contributed by atoms with Gasteiger partial charge in [-0.15, -0.1) is 4.72 Å². The molecule has 1 aromatic heterocycles. The standard InChI is InChI=1S/C14H20ClF3N2O2S/c1-9(20-23(21)13(2,3)4)10-5-11(15)12(19-6-10)7-22-8-14(16,17)18/h5-6,9,20H,7-8H2,1-4H3/t9-,23-/m1/s1. The number of alkyl halides is 3. The lowest BCUT2D eigenvalue weighted by Crippen LogP contribution is -2.40. The third-order valence-electron chi connectivity index (χ3n) is 2.78. The van der Waals surface area contributed by atoms with Gasteiger partial charge < -0.3 is 9.29 Å². The molecule has 0 aromatic carbocycles. The minimum atomic E-state index is -4.39. The second-order valence-electron chi connectivity index (χ2n) is 6.03. The summed E-state index contributed by atoms with van der Waals surface area (Å²) in [6.45, 7) is 5.65. The summed E-state index contributed by atoms with van der Waals surface area (Å²) in [5, 5.41) is 0.208. The summed E-state index contributed by atoms with van der Waals surface area (Å²) >= 11 is 4.76. The van der Waals surface area contributed by atoms with Gasteiger partial charge in [0.1, 0.15) is 11.4 Å². The van der Waals surface area contributed by atoms with Crippen LogP contribution in [0.25, 0.3) is 0 Å². The highest BCUT2D eigenvalue weighted by molar-refractivity contribution is 7.90. The summed E-state index contributed by atoms with van der Waals surface area (Å²) in [4.78, 5) is 4.03. The van der Waals surface area contributed by atoms with E-state index >= 15 is 0 Å². The summed E-state index contributed by atoms with van der Waals surface area (Å²) in [5.41, 5.74) is 0.913. The highest BCUT2D eigenvalue weighted by atomic mass is 35.5. The first-order chi connectivity index (χ1) is 10.4. The molecule has 0 radical (unpaired) electrons. The van der Waals surface area contributed by atoms with Crippen LogP contribution in [-0.2, 0) is 22.7 Å². The van der Waals surface area contributed by atoms with Crippen LogP contribution in [0.15, 0.2) is 12.3 Å². The number of nitrogens with zero attached hydrogens (tertiary/aromatic N) is 1. The van der Waals surface area contributed by atoms with Crippen molar-refractivity contribution in [2.24, 2.45) is 0 Å². The average Bonchev–Trinajstić information content (AvgIpc) is 2.37. The third kappa shape index (κ3) is 7.26. The van der Waals surface area contributed by atoms with Gasteiger partial charge in [-0.05, 0) is 39.3 Å². The quantitative estimate of drug-likeness (QED) is 0.769. The Balaban J connectivity index is 2.68. The Morgan fingerprint density at radius 1 is 1.39 bits per heavy atom. The minimum Gasteiger partial charge on any atom is -0.598 e. The van der Waals surface area contributed by atoms with Crippen molar-refractivity contribution in [1.82, 2.24) is 9.71 Å². The Hall–Kier alpha value is -0.540. The van der Waals surface area contributed by atoms with Gasteiger partial charge in [0.05, 0.1) is 23.4 Å². The molecule has 2 atom stereocenters. The molecule has 0 amide bonds. The van der Waals surface area contributed by atoms with E-state index in [1.54, 1.807) is 13.0 Å². The van der Waals surface area contributed by atoms with Gasteiger partial charge in [-0.3, -0.25) is 4.98 Å². The van der Waals surface area contributed by atoms with Crippen molar-refractivity contribution in [3.63, 3.8) is 0 Å². The molecule has 0 fully saturated rings. The van der Waals surface area contributed by atoms with Crippen LogP contribution < -0.4 is 4.72 Å². The molecular formula is C14H20ClF3N2O2S. The molecule has 4 nitrogen and oxygen atoms in total. The Labute approximate surface area is 142 Å². The molecule has 0 saturated carbocycles. The molecule has 0 aliphatic rings. The fourth-order valence-corrected chi connectivity index (χ4v) is 2.53. The maximum Gasteiger partial charge on any atom is 0.411 e.